The molecule has 0 saturated carbocycles. The van der Waals surface area contributed by atoms with E-state index in [1.165, 1.54) is 0 Å². The highest BCUT2D eigenvalue weighted by atomic mass is 16.5. The number of aromatic nitrogens is 2. The Morgan fingerprint density at radius 3 is 2.53 bits per heavy atom. The Labute approximate surface area is 186 Å². The number of amides is 1. The number of ketones is 1. The number of rotatable bonds is 6. The maximum absolute atomic E-state index is 13.0. The van der Waals surface area contributed by atoms with Crippen molar-refractivity contribution in [3.8, 4) is 11.6 Å². The maximum Gasteiger partial charge on any atom is 0.227 e. The van der Waals surface area contributed by atoms with Gasteiger partial charge in [0, 0.05) is 28.9 Å². The highest BCUT2D eigenvalue weighted by Crippen LogP contribution is 2.26. The second-order valence-electron chi connectivity index (χ2n) is 8.40. The minimum atomic E-state index is -0.138. The molecule has 0 unspecified atom stereocenters. The minimum absolute atomic E-state index is 0.0571. The van der Waals surface area contributed by atoms with Crippen LogP contribution < -0.4 is 5.32 Å². The number of aryl methyl sites for hydroxylation is 2. The molecule has 32 heavy (non-hydrogen) atoms. The highest BCUT2D eigenvalue weighted by Gasteiger charge is 2.27. The Balaban J connectivity index is 1.35. The predicted molar refractivity (Wildman–Crippen MR) is 120 cm³/mol. The second kappa shape index (κ2) is 9.00. The number of aromatic hydroxyl groups is 1. The molecule has 2 aromatic heterocycles. The number of nitrogens with zero attached hydrogens (tertiary/aromatic N) is 3. The van der Waals surface area contributed by atoms with E-state index in [9.17, 15) is 14.7 Å². The summed E-state index contributed by atoms with van der Waals surface area (Å²) in [6, 6.07) is 10.4. The van der Waals surface area contributed by atoms with Crippen LogP contribution in [-0.2, 0) is 4.79 Å². The third kappa shape index (κ3) is 4.45. The van der Waals surface area contributed by atoms with Gasteiger partial charge in [-0.25, -0.2) is 0 Å². The minimum Gasteiger partial charge on any atom is -0.506 e. The standard InChI is InChI=1S/C24H28N4O4/c1-15-12-19(17(3)28(15)23-13-16(2)32-26-23)22(30)14-27-10-8-18(9-11-27)24(31)25-20-6-4-5-7-21(20)29/h4-7,12-13,18,29H,8-11,14H2,1-3H3,(H,25,31). The molecule has 8 heteroatoms. The first-order chi connectivity index (χ1) is 15.3. The van der Waals surface area contributed by atoms with Gasteiger partial charge >= 0.3 is 0 Å². The van der Waals surface area contributed by atoms with Gasteiger partial charge in [-0.05, 0) is 64.9 Å². The third-order valence-electron chi connectivity index (χ3n) is 6.06. The van der Waals surface area contributed by atoms with Crippen molar-refractivity contribution in [2.45, 2.75) is 33.6 Å². The normalized spacial score (nSPS) is 15.1. The lowest BCUT2D eigenvalue weighted by Crippen LogP contribution is -2.40. The zero-order valence-corrected chi connectivity index (χ0v) is 18.6. The van der Waals surface area contributed by atoms with Crippen molar-refractivity contribution in [1.29, 1.82) is 0 Å². The zero-order chi connectivity index (χ0) is 22.8. The topological polar surface area (TPSA) is 101 Å². The summed E-state index contributed by atoms with van der Waals surface area (Å²) >= 11 is 0. The number of hydrogen-bond acceptors (Lipinski definition) is 6. The first-order valence-corrected chi connectivity index (χ1v) is 10.8. The Morgan fingerprint density at radius 1 is 1.16 bits per heavy atom. The molecular formula is C24H28N4O4. The van der Waals surface area contributed by atoms with Gasteiger partial charge in [-0.2, -0.15) is 0 Å². The van der Waals surface area contributed by atoms with E-state index >= 15 is 0 Å². The summed E-state index contributed by atoms with van der Waals surface area (Å²) in [7, 11) is 0. The summed E-state index contributed by atoms with van der Waals surface area (Å²) in [5.74, 6) is 1.27. The first-order valence-electron chi connectivity index (χ1n) is 10.8. The van der Waals surface area contributed by atoms with Crippen LogP contribution in [0.25, 0.3) is 5.82 Å². The molecular weight excluding hydrogens is 408 g/mol. The number of nitrogens with one attached hydrogen (secondary N) is 1. The lowest BCUT2D eigenvalue weighted by molar-refractivity contribution is -0.121. The fourth-order valence-corrected chi connectivity index (χ4v) is 4.31. The number of carbonyl (C=O) groups is 2. The Hall–Kier alpha value is -3.39. The van der Waals surface area contributed by atoms with Gasteiger partial charge in [-0.3, -0.25) is 19.1 Å². The van der Waals surface area contributed by atoms with Crippen molar-refractivity contribution in [1.82, 2.24) is 14.6 Å². The summed E-state index contributed by atoms with van der Waals surface area (Å²) in [4.78, 5) is 27.7. The smallest absolute Gasteiger partial charge is 0.227 e. The van der Waals surface area contributed by atoms with Crippen LogP contribution in [0.2, 0.25) is 0 Å². The number of phenolic OH excluding ortho intramolecular Hbond substituents is 1. The lowest BCUT2D eigenvalue weighted by Gasteiger charge is -2.30. The van der Waals surface area contributed by atoms with Gasteiger partial charge in [0.05, 0.1) is 12.2 Å². The molecule has 1 saturated heterocycles. The lowest BCUT2D eigenvalue weighted by atomic mass is 9.95. The fraction of sp³-hybridized carbons (Fsp3) is 0.375. The van der Waals surface area contributed by atoms with E-state index in [0.717, 1.165) is 17.1 Å². The Bertz CT molecular complexity index is 1140. The van der Waals surface area contributed by atoms with E-state index in [2.05, 4.69) is 15.4 Å². The summed E-state index contributed by atoms with van der Waals surface area (Å²) in [5, 5.41) is 16.7. The van der Waals surface area contributed by atoms with Crippen molar-refractivity contribution in [2.75, 3.05) is 25.0 Å². The summed E-state index contributed by atoms with van der Waals surface area (Å²) in [5.41, 5.74) is 2.88. The van der Waals surface area contributed by atoms with Crippen molar-refractivity contribution >= 4 is 17.4 Å². The van der Waals surface area contributed by atoms with Crippen LogP contribution in [0, 0.1) is 26.7 Å². The molecule has 0 aliphatic carbocycles. The SMILES string of the molecule is Cc1cc(-n2c(C)cc(C(=O)CN3CCC(C(=O)Nc4ccccc4O)CC3)c2C)no1. The monoisotopic (exact) mass is 436 g/mol. The van der Waals surface area contributed by atoms with Gasteiger partial charge in [-0.15, -0.1) is 0 Å². The van der Waals surface area contributed by atoms with Crippen LogP contribution in [0.5, 0.6) is 5.75 Å². The van der Waals surface area contributed by atoms with Crippen LogP contribution in [0.3, 0.4) is 0 Å². The van der Waals surface area contributed by atoms with E-state index in [1.54, 1.807) is 24.3 Å². The highest BCUT2D eigenvalue weighted by molar-refractivity contribution is 5.99. The average molecular weight is 437 g/mol. The molecule has 1 aromatic carbocycles. The van der Waals surface area contributed by atoms with E-state index in [4.69, 9.17) is 4.52 Å². The van der Waals surface area contributed by atoms with E-state index in [-0.39, 0.29) is 23.4 Å². The summed E-state index contributed by atoms with van der Waals surface area (Å²) in [6.07, 6.45) is 1.34. The molecule has 4 rings (SSSR count). The Morgan fingerprint density at radius 2 is 1.88 bits per heavy atom. The van der Waals surface area contributed by atoms with Crippen molar-refractivity contribution in [3.05, 3.63) is 59.1 Å². The number of para-hydroxylation sites is 2. The van der Waals surface area contributed by atoms with Crippen molar-refractivity contribution in [2.24, 2.45) is 5.92 Å². The van der Waals surface area contributed by atoms with E-state index < -0.39 is 0 Å². The van der Waals surface area contributed by atoms with E-state index in [1.807, 2.05) is 37.5 Å². The first kappa shape index (κ1) is 21.8. The average Bonchev–Trinajstić information content (AvgIpc) is 3.32. The van der Waals surface area contributed by atoms with Gasteiger partial charge in [0.25, 0.3) is 0 Å². The molecule has 1 amide bonds. The van der Waals surface area contributed by atoms with Gasteiger partial charge < -0.3 is 14.9 Å². The molecule has 0 bridgehead atoms. The molecule has 8 nitrogen and oxygen atoms in total. The number of likely N-dealkylation sites (tertiary alicyclic amines) is 1. The van der Waals surface area contributed by atoms with Gasteiger partial charge in [0.15, 0.2) is 11.6 Å². The van der Waals surface area contributed by atoms with Crippen molar-refractivity contribution < 1.29 is 19.2 Å². The largest absolute Gasteiger partial charge is 0.506 e. The van der Waals surface area contributed by atoms with Crippen LogP contribution in [0.4, 0.5) is 5.69 Å². The van der Waals surface area contributed by atoms with Crippen LogP contribution in [0.15, 0.2) is 40.9 Å². The molecule has 2 N–H and O–H groups in total. The quantitative estimate of drug-likeness (QED) is 0.452. The molecule has 1 aliphatic rings. The number of phenols is 1. The number of hydrogen-bond donors (Lipinski definition) is 2. The van der Waals surface area contributed by atoms with Gasteiger partial charge in [-0.1, -0.05) is 17.3 Å². The molecule has 3 aromatic rings. The second-order valence-corrected chi connectivity index (χ2v) is 8.40. The maximum atomic E-state index is 13.0. The number of benzene rings is 1. The van der Waals surface area contributed by atoms with Crippen LogP contribution in [-0.4, -0.2) is 51.1 Å². The molecule has 0 atom stereocenters. The van der Waals surface area contributed by atoms with Crippen molar-refractivity contribution in [3.63, 3.8) is 0 Å². The number of Topliss-reactive ketones (excluding diaryl/α,β-unsaturated/α-hetero) is 1. The number of anilines is 1. The number of carbonyl (C=O) groups excluding carboxylic acids is 2. The molecule has 3 heterocycles. The van der Waals surface area contributed by atoms with Gasteiger partial charge in [0.1, 0.15) is 11.5 Å². The third-order valence-corrected chi connectivity index (χ3v) is 6.06. The predicted octanol–water partition coefficient (Wildman–Crippen LogP) is 3.63. The van der Waals surface area contributed by atoms with Crippen LogP contribution in [0.1, 0.15) is 40.3 Å². The summed E-state index contributed by atoms with van der Waals surface area (Å²) < 4.78 is 7.11. The molecule has 0 radical (unpaired) electrons. The Kier molecular flexibility index (Phi) is 6.14. The summed E-state index contributed by atoms with van der Waals surface area (Å²) in [6.45, 7) is 7.36. The number of piperidine rings is 1. The molecule has 1 aliphatic heterocycles. The molecule has 168 valence electrons. The molecule has 0 spiro atoms. The zero-order valence-electron chi connectivity index (χ0n) is 18.6. The molecule has 1 fully saturated rings. The van der Waals surface area contributed by atoms with Gasteiger partial charge in [0.2, 0.25) is 5.91 Å². The van der Waals surface area contributed by atoms with Crippen LogP contribution >= 0.6 is 0 Å². The van der Waals surface area contributed by atoms with E-state index in [0.29, 0.717) is 49.5 Å². The fourth-order valence-electron chi connectivity index (χ4n) is 4.31.